The average molecular weight is 220 g/mol. The first-order chi connectivity index (χ1) is 6.79. The van der Waals surface area contributed by atoms with Gasteiger partial charge in [0.15, 0.2) is 5.78 Å². The van der Waals surface area contributed by atoms with Crippen molar-refractivity contribution in [2.24, 2.45) is 0 Å². The van der Waals surface area contributed by atoms with E-state index in [-0.39, 0.29) is 5.57 Å². The van der Waals surface area contributed by atoms with E-state index in [9.17, 15) is 18.0 Å². The lowest BCUT2D eigenvalue weighted by molar-refractivity contribution is -0.113. The van der Waals surface area contributed by atoms with E-state index >= 15 is 0 Å². The van der Waals surface area contributed by atoms with E-state index in [4.69, 9.17) is 0 Å². The van der Waals surface area contributed by atoms with Crippen molar-refractivity contribution < 1.29 is 18.0 Å². The van der Waals surface area contributed by atoms with Crippen LogP contribution < -0.4 is 0 Å². The summed E-state index contributed by atoms with van der Waals surface area (Å²) in [6, 6.07) is 0. The highest BCUT2D eigenvalue weighted by atomic mass is 19.4. The predicted octanol–water partition coefficient (Wildman–Crippen LogP) is 3.83. The number of ketones is 1. The molecule has 15 heavy (non-hydrogen) atoms. The summed E-state index contributed by atoms with van der Waals surface area (Å²) in [7, 11) is 0. The van der Waals surface area contributed by atoms with Crippen LogP contribution in [0.15, 0.2) is 36.5 Å². The topological polar surface area (TPSA) is 17.1 Å². The Hall–Kier alpha value is -1.32. The molecule has 0 fully saturated rings. The molecule has 0 atom stereocenters. The third-order valence-corrected chi connectivity index (χ3v) is 1.32. The molecule has 0 aliphatic carbocycles. The number of hydrogen-bond donors (Lipinski definition) is 0. The van der Waals surface area contributed by atoms with E-state index in [1.54, 1.807) is 0 Å². The average Bonchev–Trinajstić information content (AvgIpc) is 2.14. The van der Waals surface area contributed by atoms with Gasteiger partial charge >= 0.3 is 6.18 Å². The molecule has 0 N–H and O–H groups in total. The van der Waals surface area contributed by atoms with Crippen molar-refractivity contribution in [1.82, 2.24) is 0 Å². The molecule has 0 saturated carbocycles. The maximum atomic E-state index is 11.9. The molecule has 0 rings (SSSR count). The van der Waals surface area contributed by atoms with Gasteiger partial charge in [0.25, 0.3) is 0 Å². The molecule has 0 aromatic rings. The number of halogens is 3. The van der Waals surface area contributed by atoms with Gasteiger partial charge in [0.1, 0.15) is 0 Å². The standard InChI is InChI=1S/C9H9F3O.C2H6/c1-4-8(7(3)13)5-6(2)9(10,11)12;1-2/h4-5H,1-2H2,3H3;1-2H3/b8-5+;. The molecule has 0 bridgehead atoms. The highest BCUT2D eigenvalue weighted by Crippen LogP contribution is 2.25. The first-order valence-corrected chi connectivity index (χ1v) is 4.40. The molecule has 4 heteroatoms. The van der Waals surface area contributed by atoms with Crippen molar-refractivity contribution in [2.45, 2.75) is 26.9 Å². The van der Waals surface area contributed by atoms with Crippen molar-refractivity contribution in [3.05, 3.63) is 36.5 Å². The van der Waals surface area contributed by atoms with Gasteiger partial charge in [0, 0.05) is 11.1 Å². The van der Waals surface area contributed by atoms with Crippen molar-refractivity contribution in [3.63, 3.8) is 0 Å². The van der Waals surface area contributed by atoms with Crippen LogP contribution >= 0.6 is 0 Å². The van der Waals surface area contributed by atoms with Gasteiger partial charge in [-0.3, -0.25) is 4.79 Å². The fourth-order valence-corrected chi connectivity index (χ4v) is 0.574. The van der Waals surface area contributed by atoms with E-state index in [1.165, 1.54) is 0 Å². The maximum Gasteiger partial charge on any atom is 0.415 e. The minimum absolute atomic E-state index is 0.0951. The van der Waals surface area contributed by atoms with Gasteiger partial charge in [-0.1, -0.05) is 33.1 Å². The molecule has 0 aliphatic rings. The van der Waals surface area contributed by atoms with Crippen molar-refractivity contribution in [1.29, 1.82) is 0 Å². The summed E-state index contributed by atoms with van der Waals surface area (Å²) in [5, 5.41) is 0. The first kappa shape index (κ1) is 16.1. The van der Waals surface area contributed by atoms with Crippen molar-refractivity contribution >= 4 is 5.78 Å². The third kappa shape index (κ3) is 6.71. The second-order valence-corrected chi connectivity index (χ2v) is 2.38. The summed E-state index contributed by atoms with van der Waals surface area (Å²) in [6.07, 6.45) is -2.75. The van der Waals surface area contributed by atoms with Gasteiger partial charge in [0.2, 0.25) is 0 Å². The van der Waals surface area contributed by atoms with E-state index < -0.39 is 17.5 Å². The lowest BCUT2D eigenvalue weighted by atomic mass is 10.1. The van der Waals surface area contributed by atoms with Gasteiger partial charge in [-0.2, -0.15) is 13.2 Å². The summed E-state index contributed by atoms with van der Waals surface area (Å²) < 4.78 is 35.8. The van der Waals surface area contributed by atoms with E-state index in [1.807, 2.05) is 13.8 Å². The minimum Gasteiger partial charge on any atom is -0.295 e. The molecular formula is C11H15F3O. The van der Waals surface area contributed by atoms with Crippen LogP contribution in [0, 0.1) is 0 Å². The maximum absolute atomic E-state index is 11.9. The minimum atomic E-state index is -4.50. The van der Waals surface area contributed by atoms with Crippen LogP contribution in [0.4, 0.5) is 13.2 Å². The zero-order chi connectivity index (χ0) is 12.6. The molecule has 0 spiro atoms. The van der Waals surface area contributed by atoms with E-state index in [0.717, 1.165) is 13.0 Å². The summed E-state index contributed by atoms with van der Waals surface area (Å²) in [6.45, 7) is 11.2. The molecule has 0 unspecified atom stereocenters. The molecule has 0 amide bonds. The Balaban J connectivity index is 0. The molecule has 0 aromatic carbocycles. The molecule has 0 radical (unpaired) electrons. The fraction of sp³-hybridized carbons (Fsp3) is 0.364. The Bertz CT molecular complexity index is 272. The van der Waals surface area contributed by atoms with Crippen LogP contribution in [0.1, 0.15) is 20.8 Å². The van der Waals surface area contributed by atoms with Crippen LogP contribution in [0.25, 0.3) is 0 Å². The molecule has 0 aromatic heterocycles. The predicted molar refractivity (Wildman–Crippen MR) is 55.5 cm³/mol. The monoisotopic (exact) mass is 220 g/mol. The molecular weight excluding hydrogens is 205 g/mol. The summed E-state index contributed by atoms with van der Waals surface area (Å²) in [5.74, 6) is -0.472. The normalized spacial score (nSPS) is 11.2. The van der Waals surface area contributed by atoms with Crippen LogP contribution in [0.5, 0.6) is 0 Å². The van der Waals surface area contributed by atoms with Crippen LogP contribution in [-0.4, -0.2) is 12.0 Å². The van der Waals surface area contributed by atoms with Crippen LogP contribution in [-0.2, 0) is 4.79 Å². The molecule has 0 aliphatic heterocycles. The summed E-state index contributed by atoms with van der Waals surface area (Å²) in [4.78, 5) is 10.7. The molecule has 0 saturated heterocycles. The summed E-state index contributed by atoms with van der Waals surface area (Å²) in [5.41, 5.74) is -1.15. The highest BCUT2D eigenvalue weighted by molar-refractivity contribution is 5.96. The van der Waals surface area contributed by atoms with Gasteiger partial charge < -0.3 is 0 Å². The quantitative estimate of drug-likeness (QED) is 0.521. The Morgan fingerprint density at radius 1 is 1.27 bits per heavy atom. The zero-order valence-electron chi connectivity index (χ0n) is 9.11. The van der Waals surface area contributed by atoms with Gasteiger partial charge in [0.05, 0.1) is 0 Å². The van der Waals surface area contributed by atoms with Crippen molar-refractivity contribution in [3.8, 4) is 0 Å². The first-order valence-electron chi connectivity index (χ1n) is 4.40. The zero-order valence-corrected chi connectivity index (χ0v) is 9.11. The fourth-order valence-electron chi connectivity index (χ4n) is 0.574. The summed E-state index contributed by atoms with van der Waals surface area (Å²) >= 11 is 0. The van der Waals surface area contributed by atoms with Crippen LogP contribution in [0.3, 0.4) is 0 Å². The Kier molecular flexibility index (Phi) is 7.56. The number of allylic oxidation sites excluding steroid dienone is 4. The third-order valence-electron chi connectivity index (χ3n) is 1.32. The van der Waals surface area contributed by atoms with Gasteiger partial charge in [-0.15, -0.1) is 0 Å². The number of carbonyl (C=O) groups is 1. The molecule has 86 valence electrons. The van der Waals surface area contributed by atoms with Crippen molar-refractivity contribution in [2.75, 3.05) is 0 Å². The number of alkyl halides is 3. The number of carbonyl (C=O) groups excluding carboxylic acids is 1. The van der Waals surface area contributed by atoms with Gasteiger partial charge in [-0.05, 0) is 13.0 Å². The van der Waals surface area contributed by atoms with E-state index in [2.05, 4.69) is 13.2 Å². The van der Waals surface area contributed by atoms with E-state index in [0.29, 0.717) is 6.08 Å². The number of rotatable bonds is 3. The second-order valence-electron chi connectivity index (χ2n) is 2.38. The van der Waals surface area contributed by atoms with Gasteiger partial charge in [-0.25, -0.2) is 0 Å². The highest BCUT2D eigenvalue weighted by Gasteiger charge is 2.30. The smallest absolute Gasteiger partial charge is 0.295 e. The Morgan fingerprint density at radius 3 is 1.87 bits per heavy atom. The largest absolute Gasteiger partial charge is 0.415 e. The number of hydrogen-bond acceptors (Lipinski definition) is 1. The number of Topliss-reactive ketones (excluding diaryl/α,β-unsaturated/α-hetero) is 1. The van der Waals surface area contributed by atoms with Crippen LogP contribution in [0.2, 0.25) is 0 Å². The molecule has 1 nitrogen and oxygen atoms in total. The second kappa shape index (κ2) is 7.04. The Morgan fingerprint density at radius 2 is 1.67 bits per heavy atom. The molecule has 0 heterocycles. The Labute approximate surface area is 88.0 Å². The lowest BCUT2D eigenvalue weighted by Gasteiger charge is -2.05. The SMILES string of the molecule is C=C/C(=C\C(=C)C(F)(F)F)C(C)=O.CC. The lowest BCUT2D eigenvalue weighted by Crippen LogP contribution is -2.09.